The Morgan fingerprint density at radius 3 is 2.28 bits per heavy atom. The van der Waals surface area contributed by atoms with Crippen LogP contribution in [0.5, 0.6) is 0 Å². The molecule has 182 valence electrons. The highest BCUT2D eigenvalue weighted by atomic mass is 32.2. The third-order valence-electron chi connectivity index (χ3n) is 6.64. The maximum absolute atomic E-state index is 13.5. The number of aromatic nitrogens is 3. The Morgan fingerprint density at radius 2 is 1.53 bits per heavy atom. The molecule has 8 heteroatoms. The molecule has 0 bridgehead atoms. The number of nitrogens with zero attached hydrogens (tertiary/aromatic N) is 4. The molecule has 0 spiro atoms. The fourth-order valence-corrected chi connectivity index (χ4v) is 6.01. The van der Waals surface area contributed by atoms with Gasteiger partial charge in [0.2, 0.25) is 0 Å². The van der Waals surface area contributed by atoms with E-state index in [2.05, 4.69) is 22.1 Å². The standard InChI is InChI=1S/C28H26N4O3S/c1-21-6-12-25(13-7-21)36(33,34)32-20-27(26-4-2-3-5-28(26)32)22-18-29-31(19-22)24-10-8-23(9-11-24)30-14-16-35-17-15-30/h2-13,18-20H,14-17H2,1H3. The van der Waals surface area contributed by atoms with Gasteiger partial charge >= 0.3 is 0 Å². The molecule has 6 rings (SSSR count). The highest BCUT2D eigenvalue weighted by Crippen LogP contribution is 2.33. The summed E-state index contributed by atoms with van der Waals surface area (Å²) in [4.78, 5) is 2.57. The minimum absolute atomic E-state index is 0.261. The third-order valence-corrected chi connectivity index (χ3v) is 8.33. The first-order valence-corrected chi connectivity index (χ1v) is 13.4. The van der Waals surface area contributed by atoms with Crippen molar-refractivity contribution in [2.75, 3.05) is 31.2 Å². The second-order valence-electron chi connectivity index (χ2n) is 8.96. The van der Waals surface area contributed by atoms with E-state index >= 15 is 0 Å². The van der Waals surface area contributed by atoms with Gasteiger partial charge in [0, 0.05) is 47.7 Å². The van der Waals surface area contributed by atoms with Crippen LogP contribution < -0.4 is 4.90 Å². The number of fused-ring (bicyclic) bond motifs is 1. The van der Waals surface area contributed by atoms with Crippen LogP contribution in [0.15, 0.2) is 96.3 Å². The lowest BCUT2D eigenvalue weighted by atomic mass is 10.1. The maximum atomic E-state index is 13.5. The number of anilines is 1. The smallest absolute Gasteiger partial charge is 0.268 e. The Kier molecular flexibility index (Phi) is 5.62. The van der Waals surface area contributed by atoms with E-state index in [-0.39, 0.29) is 4.90 Å². The summed E-state index contributed by atoms with van der Waals surface area (Å²) in [6, 6.07) is 22.8. The highest BCUT2D eigenvalue weighted by Gasteiger charge is 2.22. The van der Waals surface area contributed by atoms with Crippen LogP contribution in [0.2, 0.25) is 0 Å². The molecular formula is C28H26N4O3S. The van der Waals surface area contributed by atoms with Gasteiger partial charge in [0.25, 0.3) is 10.0 Å². The zero-order chi connectivity index (χ0) is 24.7. The van der Waals surface area contributed by atoms with Gasteiger partial charge in [0.1, 0.15) is 0 Å². The van der Waals surface area contributed by atoms with Gasteiger partial charge in [-0.15, -0.1) is 0 Å². The molecule has 0 unspecified atom stereocenters. The molecule has 0 radical (unpaired) electrons. The van der Waals surface area contributed by atoms with Gasteiger partial charge in [-0.25, -0.2) is 17.1 Å². The van der Waals surface area contributed by atoms with Gasteiger partial charge in [-0.2, -0.15) is 5.10 Å². The first kappa shape index (κ1) is 22.6. The number of ether oxygens (including phenoxy) is 1. The summed E-state index contributed by atoms with van der Waals surface area (Å²) in [5.74, 6) is 0. The van der Waals surface area contributed by atoms with E-state index in [9.17, 15) is 8.42 Å². The molecule has 0 atom stereocenters. The zero-order valence-electron chi connectivity index (χ0n) is 19.9. The van der Waals surface area contributed by atoms with Crippen molar-refractivity contribution >= 4 is 26.6 Å². The van der Waals surface area contributed by atoms with Gasteiger partial charge in [-0.05, 0) is 49.4 Å². The molecule has 5 aromatic rings. The van der Waals surface area contributed by atoms with E-state index in [1.807, 2.05) is 66.3 Å². The van der Waals surface area contributed by atoms with Gasteiger partial charge in [-0.1, -0.05) is 35.9 Å². The van der Waals surface area contributed by atoms with Crippen LogP contribution in [-0.4, -0.2) is 48.5 Å². The molecule has 36 heavy (non-hydrogen) atoms. The normalized spacial score (nSPS) is 14.4. The molecule has 0 amide bonds. The fraction of sp³-hybridized carbons (Fsp3) is 0.179. The summed E-state index contributed by atoms with van der Waals surface area (Å²) >= 11 is 0. The molecule has 3 aromatic carbocycles. The van der Waals surface area contributed by atoms with E-state index in [4.69, 9.17) is 4.74 Å². The second-order valence-corrected chi connectivity index (χ2v) is 10.8. The van der Waals surface area contributed by atoms with Gasteiger partial charge in [0.05, 0.1) is 35.5 Å². The molecule has 1 aliphatic rings. The van der Waals surface area contributed by atoms with Crippen LogP contribution in [0.25, 0.3) is 27.7 Å². The van der Waals surface area contributed by atoms with Crippen molar-refractivity contribution in [3.63, 3.8) is 0 Å². The quantitative estimate of drug-likeness (QED) is 0.346. The Bertz CT molecular complexity index is 1630. The SMILES string of the molecule is Cc1ccc(S(=O)(=O)n2cc(-c3cnn(-c4ccc(N5CCOCC5)cc4)c3)c3ccccc32)cc1. The predicted octanol–water partition coefficient (Wildman–Crippen LogP) is 4.88. The second kappa shape index (κ2) is 8.96. The van der Waals surface area contributed by atoms with Crippen LogP contribution in [0.4, 0.5) is 5.69 Å². The molecule has 0 aliphatic carbocycles. The van der Waals surface area contributed by atoms with E-state index in [1.54, 1.807) is 24.5 Å². The van der Waals surface area contributed by atoms with Crippen molar-refractivity contribution in [1.82, 2.24) is 13.8 Å². The Hall–Kier alpha value is -3.88. The van der Waals surface area contributed by atoms with Gasteiger partial charge < -0.3 is 9.64 Å². The summed E-state index contributed by atoms with van der Waals surface area (Å²) in [6.07, 6.45) is 5.41. The van der Waals surface area contributed by atoms with Crippen LogP contribution in [0, 0.1) is 6.92 Å². The minimum atomic E-state index is -3.75. The largest absolute Gasteiger partial charge is 0.378 e. The number of hydrogen-bond donors (Lipinski definition) is 0. The van der Waals surface area contributed by atoms with Crippen molar-refractivity contribution in [2.24, 2.45) is 0 Å². The van der Waals surface area contributed by atoms with Crippen molar-refractivity contribution in [2.45, 2.75) is 11.8 Å². The lowest BCUT2D eigenvalue weighted by molar-refractivity contribution is 0.122. The van der Waals surface area contributed by atoms with E-state index in [0.717, 1.165) is 54.1 Å². The molecule has 3 heterocycles. The molecule has 0 saturated carbocycles. The van der Waals surface area contributed by atoms with E-state index < -0.39 is 10.0 Å². The Labute approximate surface area is 210 Å². The van der Waals surface area contributed by atoms with Crippen LogP contribution in [-0.2, 0) is 14.8 Å². The fourth-order valence-electron chi connectivity index (χ4n) is 4.64. The molecule has 1 fully saturated rings. The van der Waals surface area contributed by atoms with Crippen LogP contribution >= 0.6 is 0 Å². The van der Waals surface area contributed by atoms with Crippen LogP contribution in [0.3, 0.4) is 0 Å². The molecular weight excluding hydrogens is 472 g/mol. The zero-order valence-corrected chi connectivity index (χ0v) is 20.7. The maximum Gasteiger partial charge on any atom is 0.268 e. The average Bonchev–Trinajstić information content (AvgIpc) is 3.55. The molecule has 1 aliphatic heterocycles. The summed E-state index contributed by atoms with van der Waals surface area (Å²) in [6.45, 7) is 5.21. The topological polar surface area (TPSA) is 69.4 Å². The van der Waals surface area contributed by atoms with Crippen molar-refractivity contribution in [3.8, 4) is 16.8 Å². The molecule has 1 saturated heterocycles. The Morgan fingerprint density at radius 1 is 0.833 bits per heavy atom. The lowest BCUT2D eigenvalue weighted by Gasteiger charge is -2.28. The van der Waals surface area contributed by atoms with Gasteiger partial charge in [-0.3, -0.25) is 0 Å². The average molecular weight is 499 g/mol. The number of benzene rings is 3. The van der Waals surface area contributed by atoms with Crippen LogP contribution in [0.1, 0.15) is 5.56 Å². The van der Waals surface area contributed by atoms with Crippen molar-refractivity contribution in [3.05, 3.63) is 97.0 Å². The predicted molar refractivity (Wildman–Crippen MR) is 141 cm³/mol. The number of hydrogen-bond acceptors (Lipinski definition) is 5. The number of morpholine rings is 1. The molecule has 0 N–H and O–H groups in total. The molecule has 2 aromatic heterocycles. The van der Waals surface area contributed by atoms with Crippen molar-refractivity contribution < 1.29 is 13.2 Å². The summed E-state index contributed by atoms with van der Waals surface area (Å²) in [7, 11) is -3.75. The highest BCUT2D eigenvalue weighted by molar-refractivity contribution is 7.90. The summed E-state index contributed by atoms with van der Waals surface area (Å²) in [5, 5.41) is 5.43. The molecule has 7 nitrogen and oxygen atoms in total. The van der Waals surface area contributed by atoms with Crippen molar-refractivity contribution in [1.29, 1.82) is 0 Å². The number of para-hydroxylation sites is 1. The third kappa shape index (κ3) is 3.98. The number of rotatable bonds is 5. The monoisotopic (exact) mass is 498 g/mol. The van der Waals surface area contributed by atoms with Gasteiger partial charge in [0.15, 0.2) is 0 Å². The summed E-state index contributed by atoms with van der Waals surface area (Å²) in [5.41, 5.74) is 5.42. The van der Waals surface area contributed by atoms with E-state index in [0.29, 0.717) is 5.52 Å². The lowest BCUT2D eigenvalue weighted by Crippen LogP contribution is -2.36. The first-order chi connectivity index (χ1) is 17.5. The first-order valence-electron chi connectivity index (χ1n) is 11.9. The number of aryl methyl sites for hydroxylation is 1. The van der Waals surface area contributed by atoms with E-state index in [1.165, 1.54) is 9.66 Å². The Balaban J connectivity index is 1.36. The summed E-state index contributed by atoms with van der Waals surface area (Å²) < 4.78 is 35.7. The minimum Gasteiger partial charge on any atom is -0.378 e.